The highest BCUT2D eigenvalue weighted by atomic mass is 16.5. The zero-order valence-corrected chi connectivity index (χ0v) is 11.5. The summed E-state index contributed by atoms with van der Waals surface area (Å²) in [7, 11) is 0. The molecule has 2 N–H and O–H groups in total. The number of ether oxygens (including phenoxy) is 1. The molecule has 1 amide bonds. The van der Waals surface area contributed by atoms with Gasteiger partial charge in [0.1, 0.15) is 0 Å². The summed E-state index contributed by atoms with van der Waals surface area (Å²) in [4.78, 5) is 23.6. The fourth-order valence-corrected chi connectivity index (χ4v) is 3.16. The summed E-state index contributed by atoms with van der Waals surface area (Å²) in [5.74, 6) is -1.86. The Hall–Kier alpha value is -1.10. The Labute approximate surface area is 113 Å². The van der Waals surface area contributed by atoms with Crippen LogP contribution < -0.4 is 5.32 Å². The molecule has 1 saturated heterocycles. The normalized spacial score (nSPS) is 35.6. The van der Waals surface area contributed by atoms with Crippen LogP contribution >= 0.6 is 0 Å². The molecule has 2 aliphatic rings. The highest BCUT2D eigenvalue weighted by molar-refractivity contribution is 5.85. The number of carbonyl (C=O) groups is 2. The van der Waals surface area contributed by atoms with Crippen LogP contribution in [0.25, 0.3) is 0 Å². The third-order valence-corrected chi connectivity index (χ3v) is 4.28. The largest absolute Gasteiger partial charge is 0.481 e. The van der Waals surface area contributed by atoms with Crippen molar-refractivity contribution >= 4 is 11.9 Å². The zero-order valence-electron chi connectivity index (χ0n) is 11.5. The fraction of sp³-hybridized carbons (Fsp3) is 0.857. The van der Waals surface area contributed by atoms with Gasteiger partial charge in [0, 0.05) is 6.61 Å². The van der Waals surface area contributed by atoms with Crippen molar-refractivity contribution < 1.29 is 19.4 Å². The lowest BCUT2D eigenvalue weighted by Gasteiger charge is -2.37. The van der Waals surface area contributed by atoms with Crippen LogP contribution in [0.15, 0.2) is 0 Å². The molecule has 1 aliphatic carbocycles. The number of carboxylic acid groups (broad SMARTS) is 1. The molecule has 5 heteroatoms. The van der Waals surface area contributed by atoms with Gasteiger partial charge >= 0.3 is 5.97 Å². The van der Waals surface area contributed by atoms with Crippen molar-refractivity contribution in [1.82, 2.24) is 5.32 Å². The predicted octanol–water partition coefficient (Wildman–Crippen LogP) is 1.56. The van der Waals surface area contributed by atoms with Crippen molar-refractivity contribution in [3.05, 3.63) is 0 Å². The lowest BCUT2D eigenvalue weighted by Crippen LogP contribution is -2.54. The van der Waals surface area contributed by atoms with E-state index in [-0.39, 0.29) is 17.4 Å². The average Bonchev–Trinajstić information content (AvgIpc) is 2.39. The number of hydrogen-bond acceptors (Lipinski definition) is 3. The van der Waals surface area contributed by atoms with Gasteiger partial charge in [0.05, 0.1) is 24.0 Å². The van der Waals surface area contributed by atoms with E-state index in [2.05, 4.69) is 5.32 Å². The predicted molar refractivity (Wildman–Crippen MR) is 69.7 cm³/mol. The molecule has 108 valence electrons. The van der Waals surface area contributed by atoms with Crippen molar-refractivity contribution in [3.63, 3.8) is 0 Å². The molecule has 0 bridgehead atoms. The van der Waals surface area contributed by atoms with Gasteiger partial charge in [-0.15, -0.1) is 0 Å². The Morgan fingerprint density at radius 3 is 2.47 bits per heavy atom. The van der Waals surface area contributed by atoms with Crippen molar-refractivity contribution in [2.45, 2.75) is 51.0 Å². The molecule has 3 unspecified atom stereocenters. The van der Waals surface area contributed by atoms with Gasteiger partial charge in [0.2, 0.25) is 5.91 Å². The lowest BCUT2D eigenvalue weighted by molar-refractivity contribution is -0.149. The Morgan fingerprint density at radius 2 is 1.89 bits per heavy atom. The standard InChI is InChI=1S/C14H23NO4/c1-14(7-4-8-19-9-14)15-12(16)10-5-2-3-6-11(10)13(17)18/h10-11H,2-9H2,1H3,(H,15,16)(H,17,18). The molecular formula is C14H23NO4. The van der Waals surface area contributed by atoms with Crippen molar-refractivity contribution in [3.8, 4) is 0 Å². The van der Waals surface area contributed by atoms with Gasteiger partial charge in [-0.1, -0.05) is 12.8 Å². The van der Waals surface area contributed by atoms with Crippen LogP contribution in [0.5, 0.6) is 0 Å². The molecule has 0 spiro atoms. The molecule has 0 radical (unpaired) electrons. The molecule has 19 heavy (non-hydrogen) atoms. The molecule has 1 aliphatic heterocycles. The first-order chi connectivity index (χ1) is 9.02. The van der Waals surface area contributed by atoms with E-state index in [1.165, 1.54) is 0 Å². The van der Waals surface area contributed by atoms with E-state index in [1.54, 1.807) is 0 Å². The van der Waals surface area contributed by atoms with Crippen LogP contribution in [0.3, 0.4) is 0 Å². The van der Waals surface area contributed by atoms with Gasteiger partial charge < -0.3 is 15.2 Å². The maximum atomic E-state index is 12.4. The van der Waals surface area contributed by atoms with Gasteiger partial charge in [0.25, 0.3) is 0 Å². The first-order valence-corrected chi connectivity index (χ1v) is 7.14. The minimum atomic E-state index is -0.843. The zero-order chi connectivity index (χ0) is 13.9. The highest BCUT2D eigenvalue weighted by Crippen LogP contribution is 2.31. The van der Waals surface area contributed by atoms with E-state index in [9.17, 15) is 14.7 Å². The minimum absolute atomic E-state index is 0.111. The van der Waals surface area contributed by atoms with Crippen LogP contribution in [0.2, 0.25) is 0 Å². The van der Waals surface area contributed by atoms with E-state index in [0.29, 0.717) is 19.4 Å². The first kappa shape index (κ1) is 14.3. The molecule has 3 atom stereocenters. The first-order valence-electron chi connectivity index (χ1n) is 7.14. The van der Waals surface area contributed by atoms with Crippen molar-refractivity contribution in [1.29, 1.82) is 0 Å². The summed E-state index contributed by atoms with van der Waals surface area (Å²) < 4.78 is 5.42. The molecule has 0 aromatic heterocycles. The lowest BCUT2D eigenvalue weighted by atomic mass is 9.78. The number of carbonyl (C=O) groups excluding carboxylic acids is 1. The molecule has 1 heterocycles. The highest BCUT2D eigenvalue weighted by Gasteiger charge is 2.38. The van der Waals surface area contributed by atoms with Crippen LogP contribution in [0.4, 0.5) is 0 Å². The maximum Gasteiger partial charge on any atom is 0.307 e. The molecule has 0 aromatic rings. The van der Waals surface area contributed by atoms with Crippen LogP contribution in [0, 0.1) is 11.8 Å². The Bertz CT molecular complexity index is 349. The number of aliphatic carboxylic acids is 1. The number of hydrogen-bond donors (Lipinski definition) is 2. The summed E-state index contributed by atoms with van der Waals surface area (Å²) in [5, 5.41) is 12.2. The SMILES string of the molecule is CC1(NC(=O)C2CCCCC2C(=O)O)CCCOC1. The van der Waals surface area contributed by atoms with Gasteiger partial charge in [0.15, 0.2) is 0 Å². The number of carboxylic acids is 1. The summed E-state index contributed by atoms with van der Waals surface area (Å²) in [6, 6.07) is 0. The molecule has 2 fully saturated rings. The summed E-state index contributed by atoms with van der Waals surface area (Å²) >= 11 is 0. The van der Waals surface area contributed by atoms with E-state index >= 15 is 0 Å². The Morgan fingerprint density at radius 1 is 1.21 bits per heavy atom. The number of rotatable bonds is 3. The van der Waals surface area contributed by atoms with Gasteiger partial charge in [-0.05, 0) is 32.6 Å². The van der Waals surface area contributed by atoms with Crippen molar-refractivity contribution in [2.24, 2.45) is 11.8 Å². The third kappa shape index (κ3) is 3.47. The Balaban J connectivity index is 1.99. The molecule has 0 aromatic carbocycles. The summed E-state index contributed by atoms with van der Waals surface area (Å²) in [5.41, 5.74) is -0.337. The fourth-order valence-electron chi connectivity index (χ4n) is 3.16. The third-order valence-electron chi connectivity index (χ3n) is 4.28. The second-order valence-corrected chi connectivity index (χ2v) is 6.04. The molecule has 5 nitrogen and oxygen atoms in total. The second kappa shape index (κ2) is 5.90. The van der Waals surface area contributed by atoms with E-state index < -0.39 is 11.9 Å². The van der Waals surface area contributed by atoms with Crippen LogP contribution in [0.1, 0.15) is 45.4 Å². The van der Waals surface area contributed by atoms with Crippen molar-refractivity contribution in [2.75, 3.05) is 13.2 Å². The van der Waals surface area contributed by atoms with Gasteiger partial charge in [-0.3, -0.25) is 9.59 Å². The van der Waals surface area contributed by atoms with E-state index in [0.717, 1.165) is 32.3 Å². The quantitative estimate of drug-likeness (QED) is 0.815. The monoisotopic (exact) mass is 269 g/mol. The van der Waals surface area contributed by atoms with Gasteiger partial charge in [-0.25, -0.2) is 0 Å². The van der Waals surface area contributed by atoms with E-state index in [4.69, 9.17) is 4.74 Å². The van der Waals surface area contributed by atoms with Gasteiger partial charge in [-0.2, -0.15) is 0 Å². The van der Waals surface area contributed by atoms with Crippen LogP contribution in [-0.2, 0) is 14.3 Å². The second-order valence-electron chi connectivity index (χ2n) is 6.04. The average molecular weight is 269 g/mol. The molecule has 1 saturated carbocycles. The Kier molecular flexibility index (Phi) is 4.45. The summed E-state index contributed by atoms with van der Waals surface area (Å²) in [6.07, 6.45) is 4.96. The van der Waals surface area contributed by atoms with Crippen LogP contribution in [-0.4, -0.2) is 35.7 Å². The minimum Gasteiger partial charge on any atom is -0.481 e. The topological polar surface area (TPSA) is 75.6 Å². The summed E-state index contributed by atoms with van der Waals surface area (Å²) in [6.45, 7) is 3.23. The number of nitrogens with one attached hydrogen (secondary N) is 1. The molecule has 2 rings (SSSR count). The number of amides is 1. The maximum absolute atomic E-state index is 12.4. The van der Waals surface area contributed by atoms with E-state index in [1.807, 2.05) is 6.92 Å². The molecular weight excluding hydrogens is 246 g/mol. The smallest absolute Gasteiger partial charge is 0.307 e.